The van der Waals surface area contributed by atoms with E-state index in [4.69, 9.17) is 4.74 Å². The van der Waals surface area contributed by atoms with E-state index in [1.54, 1.807) is 0 Å². The van der Waals surface area contributed by atoms with Crippen LogP contribution >= 0.6 is 15.9 Å². The van der Waals surface area contributed by atoms with Crippen molar-refractivity contribution in [2.24, 2.45) is 0 Å². The molecule has 4 nitrogen and oxygen atoms in total. The van der Waals surface area contributed by atoms with Gasteiger partial charge in [-0.3, -0.25) is 0 Å². The molecule has 31 heavy (non-hydrogen) atoms. The minimum absolute atomic E-state index is 0.190. The van der Waals surface area contributed by atoms with E-state index in [-0.39, 0.29) is 6.09 Å². The monoisotopic (exact) mass is 484 g/mol. The zero-order chi connectivity index (χ0) is 22.2. The Morgan fingerprint density at radius 1 is 1.13 bits per heavy atom. The van der Waals surface area contributed by atoms with E-state index in [9.17, 15) is 4.79 Å². The summed E-state index contributed by atoms with van der Waals surface area (Å²) in [4.78, 5) is 14.2. The molecule has 1 unspecified atom stereocenters. The van der Waals surface area contributed by atoms with Crippen molar-refractivity contribution >= 4 is 27.7 Å². The van der Waals surface area contributed by atoms with Gasteiger partial charge in [0.25, 0.3) is 0 Å². The molecule has 1 heterocycles. The van der Waals surface area contributed by atoms with E-state index in [0.29, 0.717) is 12.0 Å². The molecule has 0 aromatic heterocycles. The second kappa shape index (κ2) is 8.85. The second-order valence-electron chi connectivity index (χ2n) is 9.86. The maximum Gasteiger partial charge on any atom is 0.410 e. The van der Waals surface area contributed by atoms with Gasteiger partial charge in [0.15, 0.2) is 0 Å². The Morgan fingerprint density at radius 3 is 2.55 bits per heavy atom. The first-order valence-corrected chi connectivity index (χ1v) is 12.1. The van der Waals surface area contributed by atoms with Gasteiger partial charge >= 0.3 is 6.09 Å². The molecule has 0 saturated carbocycles. The number of fused-ring (bicyclic) bond motifs is 1. The Bertz CT molecular complexity index is 958. The standard InChI is InChI=1S/C26H33BrN2O2/c1-17-16-20(18-12-14-29(15-13-18)25(30)31-26(2,3)4)9-10-22(17)28-23-11-8-19-6-5-7-21(27)24(19)23/h5-7,9-10,16,18,23,28H,8,11-15H2,1-4H3. The summed E-state index contributed by atoms with van der Waals surface area (Å²) in [5, 5.41) is 3.78. The Morgan fingerprint density at radius 2 is 1.87 bits per heavy atom. The van der Waals surface area contributed by atoms with Crippen molar-refractivity contribution in [1.82, 2.24) is 4.90 Å². The fourth-order valence-corrected chi connectivity index (χ4v) is 5.47. The molecule has 5 heteroatoms. The van der Waals surface area contributed by atoms with Gasteiger partial charge < -0.3 is 15.0 Å². The molecule has 2 aromatic carbocycles. The molecule has 4 rings (SSSR count). The molecule has 0 spiro atoms. The van der Waals surface area contributed by atoms with Crippen LogP contribution in [0.1, 0.15) is 74.2 Å². The fourth-order valence-electron chi connectivity index (χ4n) is 4.79. The molecular formula is C26H33BrN2O2. The average Bonchev–Trinajstić information content (AvgIpc) is 3.12. The largest absolute Gasteiger partial charge is 0.444 e. The highest BCUT2D eigenvalue weighted by Gasteiger charge is 2.28. The number of halogens is 1. The number of benzene rings is 2. The van der Waals surface area contributed by atoms with E-state index < -0.39 is 5.60 Å². The second-order valence-corrected chi connectivity index (χ2v) is 10.7. The number of nitrogens with zero attached hydrogens (tertiary/aromatic N) is 1. The zero-order valence-corrected chi connectivity index (χ0v) is 20.6. The number of carbonyl (C=O) groups is 1. The lowest BCUT2D eigenvalue weighted by molar-refractivity contribution is 0.0205. The molecule has 166 valence electrons. The lowest BCUT2D eigenvalue weighted by atomic mass is 9.88. The highest BCUT2D eigenvalue weighted by Crippen LogP contribution is 2.39. The van der Waals surface area contributed by atoms with E-state index in [1.807, 2.05) is 25.7 Å². The van der Waals surface area contributed by atoms with E-state index in [1.165, 1.54) is 32.4 Å². The summed E-state index contributed by atoms with van der Waals surface area (Å²) in [5.41, 5.74) is 6.28. The summed E-state index contributed by atoms with van der Waals surface area (Å²) in [6, 6.07) is 13.7. The molecular weight excluding hydrogens is 452 g/mol. The lowest BCUT2D eigenvalue weighted by Gasteiger charge is -2.33. The number of hydrogen-bond acceptors (Lipinski definition) is 3. The number of amides is 1. The highest BCUT2D eigenvalue weighted by atomic mass is 79.9. The maximum absolute atomic E-state index is 12.3. The van der Waals surface area contributed by atoms with Crippen LogP contribution in [0.5, 0.6) is 0 Å². The number of anilines is 1. The predicted octanol–water partition coefficient (Wildman–Crippen LogP) is 6.97. The van der Waals surface area contributed by atoms with Crippen molar-refractivity contribution in [3.8, 4) is 0 Å². The van der Waals surface area contributed by atoms with Crippen molar-refractivity contribution in [2.45, 2.75) is 70.9 Å². The number of likely N-dealkylation sites (tertiary alicyclic amines) is 1. The summed E-state index contributed by atoms with van der Waals surface area (Å²) >= 11 is 3.74. The Balaban J connectivity index is 1.39. The number of carbonyl (C=O) groups excluding carboxylic acids is 1. The summed E-state index contributed by atoms with van der Waals surface area (Å²) < 4.78 is 6.73. The van der Waals surface area contributed by atoms with Crippen LogP contribution in [0, 0.1) is 6.92 Å². The maximum atomic E-state index is 12.3. The molecule has 1 fully saturated rings. The van der Waals surface area contributed by atoms with Crippen LogP contribution in [0.15, 0.2) is 40.9 Å². The van der Waals surface area contributed by atoms with E-state index >= 15 is 0 Å². The molecule has 0 bridgehead atoms. The lowest BCUT2D eigenvalue weighted by Crippen LogP contribution is -2.41. The minimum atomic E-state index is -0.441. The van der Waals surface area contributed by atoms with Crippen molar-refractivity contribution in [1.29, 1.82) is 0 Å². The van der Waals surface area contributed by atoms with Crippen LogP contribution < -0.4 is 5.32 Å². The summed E-state index contributed by atoms with van der Waals surface area (Å²) in [6.07, 6.45) is 4.02. The third-order valence-corrected chi connectivity index (χ3v) is 7.08. The summed E-state index contributed by atoms with van der Waals surface area (Å²) in [6.45, 7) is 9.45. The van der Waals surface area contributed by atoms with Gasteiger partial charge in [-0.15, -0.1) is 0 Å². The molecule has 1 atom stereocenters. The Hall–Kier alpha value is -2.01. The van der Waals surface area contributed by atoms with Gasteiger partial charge in [-0.1, -0.05) is 40.2 Å². The number of aryl methyl sites for hydroxylation is 2. The number of ether oxygens (including phenoxy) is 1. The van der Waals surface area contributed by atoms with Crippen molar-refractivity contribution < 1.29 is 9.53 Å². The van der Waals surface area contributed by atoms with Crippen LogP contribution in [-0.4, -0.2) is 29.7 Å². The van der Waals surface area contributed by atoms with Gasteiger partial charge in [-0.2, -0.15) is 0 Å². The van der Waals surface area contributed by atoms with Gasteiger partial charge in [0, 0.05) is 23.2 Å². The molecule has 2 aromatic rings. The molecule has 1 saturated heterocycles. The number of hydrogen-bond donors (Lipinski definition) is 1. The normalized spacial score (nSPS) is 19.3. The number of rotatable bonds is 3. The molecule has 1 N–H and O–H groups in total. The quantitative estimate of drug-likeness (QED) is 0.511. The topological polar surface area (TPSA) is 41.6 Å². The van der Waals surface area contributed by atoms with Crippen molar-refractivity contribution in [3.05, 3.63) is 63.1 Å². The molecule has 1 aliphatic carbocycles. The van der Waals surface area contributed by atoms with Crippen LogP contribution in [0.3, 0.4) is 0 Å². The first kappa shape index (κ1) is 22.2. The zero-order valence-electron chi connectivity index (χ0n) is 19.0. The smallest absolute Gasteiger partial charge is 0.410 e. The van der Waals surface area contributed by atoms with Gasteiger partial charge in [-0.25, -0.2) is 4.79 Å². The van der Waals surface area contributed by atoms with E-state index in [2.05, 4.69) is 64.6 Å². The molecule has 2 aliphatic rings. The predicted molar refractivity (Wildman–Crippen MR) is 130 cm³/mol. The molecule has 1 aliphatic heterocycles. The van der Waals surface area contributed by atoms with E-state index in [0.717, 1.165) is 38.8 Å². The van der Waals surface area contributed by atoms with Crippen LogP contribution in [0.4, 0.5) is 10.5 Å². The summed E-state index contributed by atoms with van der Waals surface area (Å²) in [7, 11) is 0. The minimum Gasteiger partial charge on any atom is -0.444 e. The Kier molecular flexibility index (Phi) is 6.34. The summed E-state index contributed by atoms with van der Waals surface area (Å²) in [5.74, 6) is 0.493. The SMILES string of the molecule is Cc1cc(C2CCN(C(=O)OC(C)(C)C)CC2)ccc1NC1CCc2cccc(Br)c21. The van der Waals surface area contributed by atoms with Crippen LogP contribution in [-0.2, 0) is 11.2 Å². The van der Waals surface area contributed by atoms with Gasteiger partial charge in [0.05, 0.1) is 6.04 Å². The van der Waals surface area contributed by atoms with Crippen LogP contribution in [0.2, 0.25) is 0 Å². The fraction of sp³-hybridized carbons (Fsp3) is 0.500. The first-order chi connectivity index (χ1) is 14.7. The average molecular weight is 485 g/mol. The van der Waals surface area contributed by atoms with Crippen LogP contribution in [0.25, 0.3) is 0 Å². The molecule has 0 radical (unpaired) electrons. The third-order valence-electron chi connectivity index (χ3n) is 6.39. The van der Waals surface area contributed by atoms with Crippen molar-refractivity contribution in [3.63, 3.8) is 0 Å². The number of piperidine rings is 1. The third kappa shape index (κ3) is 5.08. The van der Waals surface area contributed by atoms with Gasteiger partial charge in [0.2, 0.25) is 0 Å². The number of nitrogens with one attached hydrogen (secondary N) is 1. The highest BCUT2D eigenvalue weighted by molar-refractivity contribution is 9.10. The van der Waals surface area contributed by atoms with Crippen molar-refractivity contribution in [2.75, 3.05) is 18.4 Å². The van der Waals surface area contributed by atoms with Gasteiger partial charge in [-0.05, 0) is 93.7 Å². The first-order valence-electron chi connectivity index (χ1n) is 11.3. The molecule has 1 amide bonds. The van der Waals surface area contributed by atoms with Gasteiger partial charge in [0.1, 0.15) is 5.60 Å². The Labute approximate surface area is 194 Å².